The molecule has 0 atom stereocenters. The number of fused-ring (bicyclic) bond motifs is 1. The smallest absolute Gasteiger partial charge is 0.395 e. The van der Waals surface area contributed by atoms with Gasteiger partial charge in [-0.2, -0.15) is 0 Å². The number of alkyl halides is 2. The van der Waals surface area contributed by atoms with Crippen LogP contribution in [0.15, 0.2) is 42.5 Å². The molecule has 0 saturated heterocycles. The molecule has 3 rings (SSSR count). The van der Waals surface area contributed by atoms with E-state index in [1.165, 1.54) is 25.1 Å². The molecule has 8 heteroatoms. The van der Waals surface area contributed by atoms with E-state index in [-0.39, 0.29) is 29.7 Å². The van der Waals surface area contributed by atoms with E-state index < -0.39 is 6.29 Å². The van der Waals surface area contributed by atoms with Gasteiger partial charge in [0, 0.05) is 23.0 Å². The number of ketones is 1. The Morgan fingerprint density at radius 3 is 2.56 bits per heavy atom. The summed E-state index contributed by atoms with van der Waals surface area (Å²) in [7, 11) is 0. The number of rotatable bonds is 5. The Morgan fingerprint density at radius 2 is 1.80 bits per heavy atom. The maximum absolute atomic E-state index is 13.0. The van der Waals surface area contributed by atoms with Gasteiger partial charge < -0.3 is 20.1 Å². The number of halogens is 2. The summed E-state index contributed by atoms with van der Waals surface area (Å²) in [5.41, 5.74) is 1.40. The van der Waals surface area contributed by atoms with Crippen LogP contribution in [0, 0.1) is 0 Å². The van der Waals surface area contributed by atoms with Crippen LogP contribution in [0.3, 0.4) is 0 Å². The number of anilines is 2. The van der Waals surface area contributed by atoms with Gasteiger partial charge in [0.1, 0.15) is 0 Å². The molecule has 0 aliphatic carbocycles. The number of carbonyl (C=O) groups excluding carboxylic acids is 2. The van der Waals surface area contributed by atoms with Gasteiger partial charge in [0.05, 0.1) is 6.54 Å². The van der Waals surface area contributed by atoms with Gasteiger partial charge in [-0.05, 0) is 31.2 Å². The lowest BCUT2D eigenvalue weighted by atomic mass is 10.1. The predicted octanol–water partition coefficient (Wildman–Crippen LogP) is 3.26. The molecule has 2 aromatic carbocycles. The Bertz CT molecular complexity index is 839. The van der Waals surface area contributed by atoms with Crippen molar-refractivity contribution in [1.82, 2.24) is 0 Å². The monoisotopic (exact) mass is 348 g/mol. The molecule has 25 heavy (non-hydrogen) atoms. The maximum Gasteiger partial charge on any atom is 0.586 e. The average Bonchev–Trinajstić information content (AvgIpc) is 2.86. The van der Waals surface area contributed by atoms with Crippen LogP contribution in [0.2, 0.25) is 0 Å². The fraction of sp³-hybridized carbons (Fsp3) is 0.176. The number of hydrogen-bond acceptors (Lipinski definition) is 5. The molecule has 2 N–H and O–H groups in total. The minimum Gasteiger partial charge on any atom is -0.395 e. The highest BCUT2D eigenvalue weighted by Crippen LogP contribution is 2.42. The predicted molar refractivity (Wildman–Crippen MR) is 86.2 cm³/mol. The molecule has 130 valence electrons. The van der Waals surface area contributed by atoms with E-state index in [4.69, 9.17) is 0 Å². The largest absolute Gasteiger partial charge is 0.586 e. The summed E-state index contributed by atoms with van der Waals surface area (Å²) in [6.45, 7) is 1.34. The van der Waals surface area contributed by atoms with Crippen molar-refractivity contribution in [1.29, 1.82) is 0 Å². The first-order valence-electron chi connectivity index (χ1n) is 7.37. The fourth-order valence-corrected chi connectivity index (χ4v) is 2.26. The lowest BCUT2D eigenvalue weighted by Gasteiger charge is -2.09. The zero-order valence-electron chi connectivity index (χ0n) is 13.1. The Hall–Kier alpha value is -3.16. The zero-order valence-corrected chi connectivity index (χ0v) is 13.1. The summed E-state index contributed by atoms with van der Waals surface area (Å²) in [6.07, 6.45) is -3.68. The molecule has 6 nitrogen and oxygen atoms in total. The third-order valence-electron chi connectivity index (χ3n) is 3.41. The molecular formula is C17H14F2N2O4. The van der Waals surface area contributed by atoms with Crippen molar-refractivity contribution >= 4 is 23.1 Å². The van der Waals surface area contributed by atoms with Crippen molar-refractivity contribution in [3.63, 3.8) is 0 Å². The molecule has 1 heterocycles. The van der Waals surface area contributed by atoms with Gasteiger partial charge in [0.25, 0.3) is 0 Å². The summed E-state index contributed by atoms with van der Waals surface area (Å²) in [5.74, 6) is -0.638. The second-order valence-corrected chi connectivity index (χ2v) is 5.37. The van der Waals surface area contributed by atoms with E-state index in [2.05, 4.69) is 20.1 Å². The minimum absolute atomic E-state index is 0.0685. The Balaban J connectivity index is 1.58. The highest BCUT2D eigenvalue weighted by molar-refractivity contribution is 5.98. The molecule has 0 fully saturated rings. The van der Waals surface area contributed by atoms with Crippen LogP contribution >= 0.6 is 0 Å². The van der Waals surface area contributed by atoms with E-state index in [0.717, 1.165) is 0 Å². The first kappa shape index (κ1) is 16.7. The molecule has 0 spiro atoms. The maximum atomic E-state index is 13.0. The first-order chi connectivity index (χ1) is 11.8. The molecule has 0 bridgehead atoms. The molecule has 1 aliphatic rings. The molecule has 0 aromatic heterocycles. The lowest BCUT2D eigenvalue weighted by Crippen LogP contribution is -2.25. The molecule has 2 aromatic rings. The molecule has 1 amide bonds. The number of amides is 1. The summed E-state index contributed by atoms with van der Waals surface area (Å²) < 4.78 is 34.6. The van der Waals surface area contributed by atoms with Gasteiger partial charge in [-0.15, -0.1) is 8.78 Å². The molecule has 0 unspecified atom stereocenters. The fourth-order valence-electron chi connectivity index (χ4n) is 2.26. The standard InChI is InChI=1S/C17H14F2N2O4/c1-10(22)11-3-2-4-13(7-11)21-16(23)9-20-12-5-6-14-15(8-12)25-17(18,19)24-14/h2-8,20H,9H2,1H3,(H,21,23). The van der Waals surface area contributed by atoms with Crippen molar-refractivity contribution in [3.8, 4) is 11.5 Å². The van der Waals surface area contributed by atoms with Crippen LogP contribution in [0.25, 0.3) is 0 Å². The normalized spacial score (nSPS) is 14.0. The van der Waals surface area contributed by atoms with Gasteiger partial charge in [-0.25, -0.2) is 0 Å². The van der Waals surface area contributed by atoms with Crippen LogP contribution < -0.4 is 20.1 Å². The number of Topliss-reactive ketones (excluding diaryl/α,β-unsaturated/α-hetero) is 1. The van der Waals surface area contributed by atoms with Gasteiger partial charge in [-0.1, -0.05) is 12.1 Å². The summed E-state index contributed by atoms with van der Waals surface area (Å²) in [5, 5.41) is 5.44. The van der Waals surface area contributed by atoms with Crippen LogP contribution in [-0.4, -0.2) is 24.5 Å². The van der Waals surface area contributed by atoms with Gasteiger partial charge in [0.2, 0.25) is 5.91 Å². The highest BCUT2D eigenvalue weighted by Gasteiger charge is 2.43. The van der Waals surface area contributed by atoms with Crippen molar-refractivity contribution in [2.75, 3.05) is 17.2 Å². The van der Waals surface area contributed by atoms with Crippen LogP contribution in [0.1, 0.15) is 17.3 Å². The topological polar surface area (TPSA) is 76.7 Å². The minimum atomic E-state index is -3.68. The Kier molecular flexibility index (Phi) is 4.26. The number of benzene rings is 2. The summed E-state index contributed by atoms with van der Waals surface area (Å²) in [4.78, 5) is 23.3. The van der Waals surface area contributed by atoms with Crippen LogP contribution in [0.4, 0.5) is 20.2 Å². The summed E-state index contributed by atoms with van der Waals surface area (Å²) in [6, 6.07) is 10.7. The van der Waals surface area contributed by atoms with E-state index >= 15 is 0 Å². The molecule has 0 saturated carbocycles. The number of carbonyl (C=O) groups is 2. The highest BCUT2D eigenvalue weighted by atomic mass is 19.3. The van der Waals surface area contributed by atoms with E-state index in [1.807, 2.05) is 0 Å². The van der Waals surface area contributed by atoms with Crippen molar-refractivity contribution in [2.24, 2.45) is 0 Å². The SMILES string of the molecule is CC(=O)c1cccc(NC(=O)CNc2ccc3c(c2)OC(F)(F)O3)c1. The lowest BCUT2D eigenvalue weighted by molar-refractivity contribution is -0.286. The van der Waals surface area contributed by atoms with Crippen molar-refractivity contribution in [3.05, 3.63) is 48.0 Å². The van der Waals surface area contributed by atoms with Crippen molar-refractivity contribution in [2.45, 2.75) is 13.2 Å². The Labute approximate surface area is 141 Å². The van der Waals surface area contributed by atoms with Crippen LogP contribution in [-0.2, 0) is 4.79 Å². The molecule has 1 aliphatic heterocycles. The third-order valence-corrected chi connectivity index (χ3v) is 3.41. The zero-order chi connectivity index (χ0) is 18.0. The summed E-state index contributed by atoms with van der Waals surface area (Å²) >= 11 is 0. The third kappa shape index (κ3) is 4.03. The van der Waals surface area contributed by atoms with E-state index in [9.17, 15) is 18.4 Å². The molecule has 0 radical (unpaired) electrons. The van der Waals surface area contributed by atoms with Crippen LogP contribution in [0.5, 0.6) is 11.5 Å². The second-order valence-electron chi connectivity index (χ2n) is 5.37. The number of ether oxygens (including phenoxy) is 2. The first-order valence-corrected chi connectivity index (χ1v) is 7.37. The van der Waals surface area contributed by atoms with E-state index in [1.54, 1.807) is 24.3 Å². The van der Waals surface area contributed by atoms with Gasteiger partial charge in [-0.3, -0.25) is 9.59 Å². The quantitative estimate of drug-likeness (QED) is 0.811. The van der Waals surface area contributed by atoms with E-state index in [0.29, 0.717) is 16.9 Å². The van der Waals surface area contributed by atoms with Gasteiger partial charge in [0.15, 0.2) is 17.3 Å². The van der Waals surface area contributed by atoms with Crippen molar-refractivity contribution < 1.29 is 27.8 Å². The molecular weight excluding hydrogens is 334 g/mol. The van der Waals surface area contributed by atoms with Gasteiger partial charge >= 0.3 is 6.29 Å². The average molecular weight is 348 g/mol. The Morgan fingerprint density at radius 1 is 1.04 bits per heavy atom. The second kappa shape index (κ2) is 6.39. The number of nitrogens with one attached hydrogen (secondary N) is 2. The number of hydrogen-bond donors (Lipinski definition) is 2.